The van der Waals surface area contributed by atoms with Gasteiger partial charge in [0.05, 0.1) is 5.16 Å². The Bertz CT molecular complexity index is 153. The highest BCUT2D eigenvalue weighted by Gasteiger charge is 1.91. The highest BCUT2D eigenvalue weighted by molar-refractivity contribution is 7.98. The molecule has 3 heteroatoms. The van der Waals surface area contributed by atoms with Crippen LogP contribution in [0.2, 0.25) is 0 Å². The summed E-state index contributed by atoms with van der Waals surface area (Å²) in [7, 11) is 0. The molecule has 0 aliphatic carbocycles. The van der Waals surface area contributed by atoms with Crippen LogP contribution in [0.5, 0.6) is 0 Å². The zero-order valence-electron chi connectivity index (χ0n) is 9.13. The van der Waals surface area contributed by atoms with Gasteiger partial charge < -0.3 is 0 Å². The van der Waals surface area contributed by atoms with Crippen LogP contribution in [0.15, 0.2) is 4.99 Å². The van der Waals surface area contributed by atoms with Gasteiger partial charge in [-0.3, -0.25) is 0 Å². The first kappa shape index (κ1) is 14.2. The van der Waals surface area contributed by atoms with Crippen LogP contribution in [-0.4, -0.2) is 23.7 Å². The quantitative estimate of drug-likeness (QED) is 0.318. The molecule has 0 spiro atoms. The van der Waals surface area contributed by atoms with Gasteiger partial charge >= 0.3 is 0 Å². The monoisotopic (exact) mass is 231 g/mol. The smallest absolute Gasteiger partial charge is 0.0584 e. The molecule has 0 amide bonds. The zero-order chi connectivity index (χ0) is 10.5. The van der Waals surface area contributed by atoms with Gasteiger partial charge in [0, 0.05) is 6.54 Å². The van der Waals surface area contributed by atoms with Crippen molar-refractivity contribution >= 4 is 29.1 Å². The Balaban J connectivity index is 2.88. The summed E-state index contributed by atoms with van der Waals surface area (Å²) in [4.78, 5) is 3.89. The van der Waals surface area contributed by atoms with E-state index in [-0.39, 0.29) is 0 Å². The van der Waals surface area contributed by atoms with Gasteiger partial charge in [-0.05, 0) is 37.1 Å². The summed E-state index contributed by atoms with van der Waals surface area (Å²) in [6.07, 6.45) is 11.6. The highest BCUT2D eigenvalue weighted by atomic mass is 32.2. The Morgan fingerprint density at radius 3 is 2.14 bits per heavy atom. The Morgan fingerprint density at radius 1 is 1.00 bits per heavy atom. The SMILES string of the molecule is CSCCCCCCCCCN=C=S. The molecule has 0 aromatic rings. The number of thioether (sulfide) groups is 1. The molecule has 0 aromatic carbocycles. The third kappa shape index (κ3) is 12.2. The van der Waals surface area contributed by atoms with E-state index in [1.165, 1.54) is 50.7 Å². The minimum atomic E-state index is 0.871. The predicted octanol–water partition coefficient (Wildman–Crippen LogP) is 4.18. The van der Waals surface area contributed by atoms with E-state index in [1.807, 2.05) is 11.8 Å². The Hall–Kier alpha value is 0.150. The first-order valence-corrected chi connectivity index (χ1v) is 7.24. The number of hydrogen-bond acceptors (Lipinski definition) is 3. The summed E-state index contributed by atoms with van der Waals surface area (Å²) in [5.41, 5.74) is 0. The lowest BCUT2D eigenvalue weighted by Crippen LogP contribution is -1.84. The molecule has 0 atom stereocenters. The second-order valence-electron chi connectivity index (χ2n) is 3.44. The lowest BCUT2D eigenvalue weighted by molar-refractivity contribution is 0.595. The van der Waals surface area contributed by atoms with Gasteiger partial charge in [-0.15, -0.1) is 0 Å². The van der Waals surface area contributed by atoms with Crippen LogP contribution in [0.1, 0.15) is 44.9 Å². The molecule has 0 rings (SSSR count). The molecule has 0 aromatic heterocycles. The molecule has 0 N–H and O–H groups in total. The van der Waals surface area contributed by atoms with Crippen LogP contribution >= 0.6 is 24.0 Å². The summed E-state index contributed by atoms with van der Waals surface area (Å²) >= 11 is 6.44. The first-order chi connectivity index (χ1) is 6.91. The molecule has 0 fully saturated rings. The van der Waals surface area contributed by atoms with E-state index in [0.717, 1.165) is 6.54 Å². The number of aliphatic imine (C=N–C) groups is 1. The number of unbranched alkanes of at least 4 members (excludes halogenated alkanes) is 6. The van der Waals surface area contributed by atoms with Crippen LogP contribution in [0.3, 0.4) is 0 Å². The van der Waals surface area contributed by atoms with E-state index in [9.17, 15) is 0 Å². The van der Waals surface area contributed by atoms with E-state index in [1.54, 1.807) is 0 Å². The summed E-state index contributed by atoms with van der Waals surface area (Å²) in [5, 5.41) is 2.40. The predicted molar refractivity (Wildman–Crippen MR) is 70.6 cm³/mol. The van der Waals surface area contributed by atoms with Crippen LogP contribution in [0.4, 0.5) is 0 Å². The molecule has 0 heterocycles. The topological polar surface area (TPSA) is 12.4 Å². The highest BCUT2D eigenvalue weighted by Crippen LogP contribution is 2.08. The van der Waals surface area contributed by atoms with Gasteiger partial charge in [-0.25, -0.2) is 4.99 Å². The van der Waals surface area contributed by atoms with Gasteiger partial charge in [-0.2, -0.15) is 11.8 Å². The van der Waals surface area contributed by atoms with Crippen molar-refractivity contribution in [2.24, 2.45) is 4.99 Å². The maximum atomic E-state index is 4.49. The number of isothiocyanates is 1. The number of hydrogen-bond donors (Lipinski definition) is 0. The van der Waals surface area contributed by atoms with Crippen molar-refractivity contribution in [3.63, 3.8) is 0 Å². The molecule has 14 heavy (non-hydrogen) atoms. The van der Waals surface area contributed by atoms with Crippen molar-refractivity contribution in [2.75, 3.05) is 18.6 Å². The van der Waals surface area contributed by atoms with Gasteiger partial charge in [0.25, 0.3) is 0 Å². The average Bonchev–Trinajstić information content (AvgIpc) is 2.21. The minimum Gasteiger partial charge on any atom is -0.233 e. The van der Waals surface area contributed by atoms with Gasteiger partial charge in [-0.1, -0.05) is 32.1 Å². The molecule has 0 unspecified atom stereocenters. The third-order valence-corrected chi connectivity index (χ3v) is 3.01. The zero-order valence-corrected chi connectivity index (χ0v) is 10.8. The standard InChI is InChI=1S/C11H21NS2/c1-14-10-8-6-4-2-3-5-7-9-12-11-13/h2-10H2,1H3. The summed E-state index contributed by atoms with van der Waals surface area (Å²) < 4.78 is 0. The summed E-state index contributed by atoms with van der Waals surface area (Å²) in [6.45, 7) is 0.871. The number of nitrogens with zero attached hydrogens (tertiary/aromatic N) is 1. The molecule has 82 valence electrons. The van der Waals surface area contributed by atoms with Crippen molar-refractivity contribution in [3.05, 3.63) is 0 Å². The average molecular weight is 231 g/mol. The molecular weight excluding hydrogens is 210 g/mol. The fraction of sp³-hybridized carbons (Fsp3) is 0.909. The fourth-order valence-corrected chi connectivity index (χ4v) is 1.95. The Morgan fingerprint density at radius 2 is 1.57 bits per heavy atom. The second kappa shape index (κ2) is 13.2. The van der Waals surface area contributed by atoms with Crippen molar-refractivity contribution in [1.82, 2.24) is 0 Å². The van der Waals surface area contributed by atoms with E-state index in [4.69, 9.17) is 0 Å². The molecule has 0 radical (unpaired) electrons. The molecule has 0 saturated heterocycles. The normalized spacial score (nSPS) is 9.79. The molecule has 0 aliphatic rings. The van der Waals surface area contributed by atoms with Crippen LogP contribution in [0.25, 0.3) is 0 Å². The van der Waals surface area contributed by atoms with Crippen molar-refractivity contribution in [3.8, 4) is 0 Å². The van der Waals surface area contributed by atoms with E-state index in [2.05, 4.69) is 28.6 Å². The minimum absolute atomic E-state index is 0.871. The second-order valence-corrected chi connectivity index (χ2v) is 4.61. The van der Waals surface area contributed by atoms with Crippen LogP contribution in [-0.2, 0) is 0 Å². The maximum absolute atomic E-state index is 4.49. The lowest BCUT2D eigenvalue weighted by Gasteiger charge is -1.99. The molecule has 0 bridgehead atoms. The van der Waals surface area contributed by atoms with E-state index >= 15 is 0 Å². The largest absolute Gasteiger partial charge is 0.233 e. The van der Waals surface area contributed by atoms with E-state index < -0.39 is 0 Å². The summed E-state index contributed by atoms with van der Waals surface area (Å²) in [5.74, 6) is 1.32. The van der Waals surface area contributed by atoms with Crippen LogP contribution in [0, 0.1) is 0 Å². The van der Waals surface area contributed by atoms with Crippen molar-refractivity contribution < 1.29 is 0 Å². The fourth-order valence-electron chi connectivity index (χ4n) is 1.37. The van der Waals surface area contributed by atoms with Crippen LogP contribution < -0.4 is 0 Å². The van der Waals surface area contributed by atoms with Gasteiger partial charge in [0.1, 0.15) is 0 Å². The molecule has 0 aliphatic heterocycles. The van der Waals surface area contributed by atoms with Crippen molar-refractivity contribution in [2.45, 2.75) is 44.9 Å². The van der Waals surface area contributed by atoms with Gasteiger partial charge in [0.15, 0.2) is 0 Å². The Labute approximate surface area is 97.8 Å². The number of rotatable bonds is 10. The maximum Gasteiger partial charge on any atom is 0.0584 e. The third-order valence-electron chi connectivity index (χ3n) is 2.18. The first-order valence-electron chi connectivity index (χ1n) is 5.44. The molecule has 0 saturated carbocycles. The lowest BCUT2D eigenvalue weighted by atomic mass is 10.1. The number of thiocarbonyl (C=S) groups is 1. The van der Waals surface area contributed by atoms with Crippen molar-refractivity contribution in [1.29, 1.82) is 0 Å². The molecule has 1 nitrogen and oxygen atoms in total. The summed E-state index contributed by atoms with van der Waals surface area (Å²) in [6, 6.07) is 0. The Kier molecular flexibility index (Phi) is 13.3. The van der Waals surface area contributed by atoms with Gasteiger partial charge in [0.2, 0.25) is 0 Å². The molecular formula is C11H21NS2. The van der Waals surface area contributed by atoms with E-state index in [0.29, 0.717) is 0 Å².